The first kappa shape index (κ1) is 19.0. The molecule has 0 atom stereocenters. The van der Waals surface area contributed by atoms with Crippen LogP contribution in [0.3, 0.4) is 0 Å². The fraction of sp³-hybridized carbons (Fsp3) is 0.400. The SMILES string of the molecule is COc1cc(C(N)=O)ccc1Nc1ncc2c(n1)N(C1CCCC1)CC(=O)N2C. The Labute approximate surface area is 168 Å². The zero-order valence-electron chi connectivity index (χ0n) is 16.5. The lowest BCUT2D eigenvalue weighted by Gasteiger charge is -2.37. The first-order valence-electron chi connectivity index (χ1n) is 9.63. The second-order valence-corrected chi connectivity index (χ2v) is 7.33. The number of likely N-dealkylation sites (N-methyl/N-ethyl adjacent to an activating group) is 1. The van der Waals surface area contributed by atoms with E-state index in [2.05, 4.69) is 15.2 Å². The van der Waals surface area contributed by atoms with Crippen LogP contribution in [-0.4, -0.2) is 48.5 Å². The highest BCUT2D eigenvalue weighted by atomic mass is 16.5. The third-order valence-electron chi connectivity index (χ3n) is 5.56. The fourth-order valence-corrected chi connectivity index (χ4v) is 3.92. The van der Waals surface area contributed by atoms with Gasteiger partial charge in [0, 0.05) is 18.7 Å². The van der Waals surface area contributed by atoms with Gasteiger partial charge in [-0.2, -0.15) is 4.98 Å². The monoisotopic (exact) mass is 396 g/mol. The van der Waals surface area contributed by atoms with E-state index in [1.807, 2.05) is 0 Å². The lowest BCUT2D eigenvalue weighted by atomic mass is 10.1. The van der Waals surface area contributed by atoms with Crippen molar-refractivity contribution in [1.82, 2.24) is 9.97 Å². The number of amides is 2. The maximum absolute atomic E-state index is 12.4. The van der Waals surface area contributed by atoms with Gasteiger partial charge in [-0.15, -0.1) is 0 Å². The van der Waals surface area contributed by atoms with E-state index in [0.717, 1.165) is 18.7 Å². The summed E-state index contributed by atoms with van der Waals surface area (Å²) >= 11 is 0. The van der Waals surface area contributed by atoms with Crippen molar-refractivity contribution in [2.24, 2.45) is 5.73 Å². The molecular formula is C20H24N6O3. The van der Waals surface area contributed by atoms with Crippen molar-refractivity contribution in [2.75, 3.05) is 35.8 Å². The van der Waals surface area contributed by atoms with Crippen LogP contribution in [0.15, 0.2) is 24.4 Å². The molecule has 4 rings (SSSR count). The lowest BCUT2D eigenvalue weighted by molar-refractivity contribution is -0.117. The summed E-state index contributed by atoms with van der Waals surface area (Å²) in [5.41, 5.74) is 7.01. The zero-order chi connectivity index (χ0) is 20.5. The maximum atomic E-state index is 12.4. The summed E-state index contributed by atoms with van der Waals surface area (Å²) in [4.78, 5) is 36.6. The summed E-state index contributed by atoms with van der Waals surface area (Å²) in [5, 5.41) is 3.15. The Morgan fingerprint density at radius 3 is 2.76 bits per heavy atom. The highest BCUT2D eigenvalue weighted by Crippen LogP contribution is 2.37. The van der Waals surface area contributed by atoms with Gasteiger partial charge < -0.3 is 25.6 Å². The second kappa shape index (κ2) is 7.57. The molecule has 2 amide bonds. The maximum Gasteiger partial charge on any atom is 0.248 e. The van der Waals surface area contributed by atoms with Gasteiger partial charge in [-0.25, -0.2) is 4.98 Å². The van der Waals surface area contributed by atoms with Gasteiger partial charge in [0.05, 0.1) is 25.5 Å². The first-order chi connectivity index (χ1) is 14.0. The number of primary amides is 1. The molecule has 1 aromatic heterocycles. The van der Waals surface area contributed by atoms with Crippen molar-refractivity contribution in [3.63, 3.8) is 0 Å². The molecule has 0 spiro atoms. The number of ether oxygens (including phenoxy) is 1. The van der Waals surface area contributed by atoms with Crippen LogP contribution in [0.1, 0.15) is 36.0 Å². The van der Waals surface area contributed by atoms with Crippen LogP contribution in [0, 0.1) is 0 Å². The van der Waals surface area contributed by atoms with E-state index in [1.165, 1.54) is 20.0 Å². The number of rotatable bonds is 5. The molecule has 3 N–H and O–H groups in total. The summed E-state index contributed by atoms with van der Waals surface area (Å²) in [7, 11) is 3.26. The molecule has 152 valence electrons. The second-order valence-electron chi connectivity index (χ2n) is 7.33. The number of nitrogens with two attached hydrogens (primary N) is 1. The van der Waals surface area contributed by atoms with Gasteiger partial charge in [0.1, 0.15) is 11.4 Å². The molecule has 1 aliphatic carbocycles. The third-order valence-corrected chi connectivity index (χ3v) is 5.56. The largest absolute Gasteiger partial charge is 0.495 e. The Morgan fingerprint density at radius 2 is 2.07 bits per heavy atom. The quantitative estimate of drug-likeness (QED) is 0.795. The highest BCUT2D eigenvalue weighted by molar-refractivity contribution is 6.02. The Bertz CT molecular complexity index is 957. The number of benzene rings is 1. The van der Waals surface area contributed by atoms with Crippen molar-refractivity contribution >= 4 is 35.0 Å². The van der Waals surface area contributed by atoms with Gasteiger partial charge in [0.2, 0.25) is 17.8 Å². The van der Waals surface area contributed by atoms with Crippen LogP contribution in [0.25, 0.3) is 0 Å². The summed E-state index contributed by atoms with van der Waals surface area (Å²) in [6.45, 7) is 0.321. The molecule has 1 aromatic carbocycles. The number of carbonyl (C=O) groups is 2. The standard InChI is InChI=1S/C20H24N6O3/c1-25-15-10-22-20(23-14-8-7-12(18(21)28)9-16(14)29-2)24-19(15)26(11-17(25)27)13-5-3-4-6-13/h7-10,13H,3-6,11H2,1-2H3,(H2,21,28)(H,22,23,24). The molecule has 0 bridgehead atoms. The van der Waals surface area contributed by atoms with Crippen LogP contribution in [0.5, 0.6) is 5.75 Å². The molecule has 1 saturated carbocycles. The predicted molar refractivity (Wildman–Crippen MR) is 110 cm³/mol. The van der Waals surface area contributed by atoms with Crippen LogP contribution < -0.4 is 25.6 Å². The van der Waals surface area contributed by atoms with Crippen molar-refractivity contribution in [2.45, 2.75) is 31.7 Å². The van der Waals surface area contributed by atoms with Crippen molar-refractivity contribution in [3.05, 3.63) is 30.0 Å². The van der Waals surface area contributed by atoms with Crippen molar-refractivity contribution in [1.29, 1.82) is 0 Å². The minimum Gasteiger partial charge on any atom is -0.495 e. The normalized spacial score (nSPS) is 16.7. The summed E-state index contributed by atoms with van der Waals surface area (Å²) in [6.07, 6.45) is 6.12. The van der Waals surface area contributed by atoms with Crippen molar-refractivity contribution < 1.29 is 14.3 Å². The van der Waals surface area contributed by atoms with Gasteiger partial charge in [-0.1, -0.05) is 12.8 Å². The smallest absolute Gasteiger partial charge is 0.248 e. The average molecular weight is 396 g/mol. The zero-order valence-corrected chi connectivity index (χ0v) is 16.5. The first-order valence-corrected chi connectivity index (χ1v) is 9.63. The third kappa shape index (κ3) is 3.55. The lowest BCUT2D eigenvalue weighted by Crippen LogP contribution is -2.48. The van der Waals surface area contributed by atoms with Gasteiger partial charge in [0.25, 0.3) is 0 Å². The molecule has 9 heteroatoms. The van der Waals surface area contributed by atoms with E-state index in [-0.39, 0.29) is 5.91 Å². The van der Waals surface area contributed by atoms with Crippen LogP contribution in [0.2, 0.25) is 0 Å². The van der Waals surface area contributed by atoms with Crippen LogP contribution in [0.4, 0.5) is 23.1 Å². The Hall–Kier alpha value is -3.36. The number of nitrogens with zero attached hydrogens (tertiary/aromatic N) is 4. The molecule has 9 nitrogen and oxygen atoms in total. The van der Waals surface area contributed by atoms with Gasteiger partial charge >= 0.3 is 0 Å². The van der Waals surface area contributed by atoms with Gasteiger partial charge in [-0.05, 0) is 31.0 Å². The van der Waals surface area contributed by atoms with E-state index in [4.69, 9.17) is 15.5 Å². The van der Waals surface area contributed by atoms with Gasteiger partial charge in [-0.3, -0.25) is 9.59 Å². The molecule has 0 unspecified atom stereocenters. The van der Waals surface area contributed by atoms with Crippen molar-refractivity contribution in [3.8, 4) is 5.75 Å². The number of nitrogens with one attached hydrogen (secondary N) is 1. The number of hydrogen-bond acceptors (Lipinski definition) is 7. The number of hydrogen-bond donors (Lipinski definition) is 2. The summed E-state index contributed by atoms with van der Waals surface area (Å²) in [6, 6.07) is 5.20. The number of carbonyl (C=O) groups excluding carboxylic acids is 2. The van der Waals surface area contributed by atoms with Crippen LogP contribution >= 0.6 is 0 Å². The average Bonchev–Trinajstić information content (AvgIpc) is 3.25. The number of anilines is 4. The number of fused-ring (bicyclic) bond motifs is 1. The molecule has 1 aliphatic heterocycles. The minimum absolute atomic E-state index is 0.0393. The van der Waals surface area contributed by atoms with E-state index < -0.39 is 5.91 Å². The molecule has 0 saturated heterocycles. The highest BCUT2D eigenvalue weighted by Gasteiger charge is 2.34. The number of aromatic nitrogens is 2. The Kier molecular flexibility index (Phi) is 4.96. The summed E-state index contributed by atoms with van der Waals surface area (Å²) < 4.78 is 5.37. The van der Waals surface area contributed by atoms with E-state index in [9.17, 15) is 9.59 Å². The Morgan fingerprint density at radius 1 is 1.31 bits per heavy atom. The topological polar surface area (TPSA) is 114 Å². The minimum atomic E-state index is -0.528. The van der Waals surface area contributed by atoms with Gasteiger partial charge in [0.15, 0.2) is 5.82 Å². The summed E-state index contributed by atoms with van der Waals surface area (Å²) in [5.74, 6) is 1.11. The molecule has 0 radical (unpaired) electrons. The fourth-order valence-electron chi connectivity index (χ4n) is 3.92. The predicted octanol–water partition coefficient (Wildman–Crippen LogP) is 2.05. The van der Waals surface area contributed by atoms with E-state index in [1.54, 1.807) is 36.3 Å². The number of methoxy groups -OCH3 is 1. The molecular weight excluding hydrogens is 372 g/mol. The van der Waals surface area contributed by atoms with E-state index in [0.29, 0.717) is 41.2 Å². The van der Waals surface area contributed by atoms with E-state index >= 15 is 0 Å². The molecule has 29 heavy (non-hydrogen) atoms. The van der Waals surface area contributed by atoms with Crippen LogP contribution in [-0.2, 0) is 4.79 Å². The molecule has 2 aromatic rings. The molecule has 1 fully saturated rings. The Balaban J connectivity index is 1.67. The molecule has 2 aliphatic rings. The molecule has 2 heterocycles.